The summed E-state index contributed by atoms with van der Waals surface area (Å²) in [6, 6.07) is 0. The van der Waals surface area contributed by atoms with Gasteiger partial charge >= 0.3 is 5.97 Å². The summed E-state index contributed by atoms with van der Waals surface area (Å²) in [5.41, 5.74) is -2.59. The number of hydrogen-bond donors (Lipinski definition) is 1. The molecule has 1 saturated carbocycles. The van der Waals surface area contributed by atoms with Crippen molar-refractivity contribution in [2.24, 2.45) is 5.41 Å². The molecule has 3 rings (SSSR count). The molecule has 1 N–H and O–H groups in total. The second-order valence-electron chi connectivity index (χ2n) is 6.59. The molecule has 0 aromatic rings. The highest BCUT2D eigenvalue weighted by atomic mass is 16.7. The highest BCUT2D eigenvalue weighted by Gasteiger charge is 2.71. The fourth-order valence-electron chi connectivity index (χ4n) is 4.00. The first-order valence-electron chi connectivity index (χ1n) is 6.44. The minimum atomic E-state index is -1.16. The molecule has 0 radical (unpaired) electrons. The van der Waals surface area contributed by atoms with Crippen molar-refractivity contribution in [1.82, 2.24) is 0 Å². The molecule has 2 atom stereocenters. The van der Waals surface area contributed by atoms with Crippen LogP contribution >= 0.6 is 0 Å². The molecule has 3 aliphatic rings. The summed E-state index contributed by atoms with van der Waals surface area (Å²) in [5, 5.41) is 11.0. The van der Waals surface area contributed by atoms with Crippen LogP contribution in [0.3, 0.4) is 0 Å². The zero-order valence-corrected chi connectivity index (χ0v) is 11.1. The van der Waals surface area contributed by atoms with Crippen LogP contribution in [0.2, 0.25) is 0 Å². The van der Waals surface area contributed by atoms with E-state index in [1.165, 1.54) is 0 Å². The van der Waals surface area contributed by atoms with Crippen molar-refractivity contribution in [3.05, 3.63) is 0 Å². The molecule has 102 valence electrons. The van der Waals surface area contributed by atoms with E-state index in [1.54, 1.807) is 6.92 Å². The van der Waals surface area contributed by atoms with Gasteiger partial charge in [0, 0.05) is 18.3 Å². The fourth-order valence-corrected chi connectivity index (χ4v) is 4.00. The van der Waals surface area contributed by atoms with Crippen molar-refractivity contribution in [2.75, 3.05) is 13.2 Å². The molecule has 1 aliphatic carbocycles. The van der Waals surface area contributed by atoms with Gasteiger partial charge < -0.3 is 19.3 Å². The molecule has 2 heterocycles. The minimum absolute atomic E-state index is 0.0482. The highest BCUT2D eigenvalue weighted by molar-refractivity contribution is 5.75. The van der Waals surface area contributed by atoms with Gasteiger partial charge in [-0.05, 0) is 6.92 Å². The molecule has 0 bridgehead atoms. The first-order valence-corrected chi connectivity index (χ1v) is 6.44. The maximum atomic E-state index is 11.6. The lowest BCUT2D eigenvalue weighted by Gasteiger charge is -2.56. The summed E-state index contributed by atoms with van der Waals surface area (Å²) in [7, 11) is 0. The number of esters is 1. The molecule has 18 heavy (non-hydrogen) atoms. The van der Waals surface area contributed by atoms with Crippen molar-refractivity contribution >= 4 is 5.97 Å². The van der Waals surface area contributed by atoms with E-state index in [0.717, 1.165) is 0 Å². The third-order valence-corrected chi connectivity index (χ3v) is 4.87. The largest absolute Gasteiger partial charge is 0.456 e. The summed E-state index contributed by atoms with van der Waals surface area (Å²) in [6.07, 6.45) is 1.01. The van der Waals surface area contributed by atoms with Gasteiger partial charge in [0.2, 0.25) is 0 Å². The molecule has 0 amide bonds. The lowest BCUT2D eigenvalue weighted by atomic mass is 9.56. The third-order valence-electron chi connectivity index (χ3n) is 4.87. The predicted octanol–water partition coefficient (Wildman–Crippen LogP) is 0.986. The van der Waals surface area contributed by atoms with Gasteiger partial charge in [0.15, 0.2) is 5.79 Å². The van der Waals surface area contributed by atoms with Gasteiger partial charge in [0.05, 0.1) is 19.6 Å². The van der Waals surface area contributed by atoms with E-state index in [9.17, 15) is 9.90 Å². The van der Waals surface area contributed by atoms with E-state index in [0.29, 0.717) is 26.1 Å². The highest BCUT2D eigenvalue weighted by Crippen LogP contribution is 2.60. The normalized spacial score (nSPS) is 45.0. The standard InChI is InChI=1S/C13H20O5/c1-10(2)7-12(16-4-5-17-12)8-11(3)13(10,15)6-9(14)18-11/h15H,4-8H2,1-3H3. The maximum absolute atomic E-state index is 11.6. The van der Waals surface area contributed by atoms with Gasteiger partial charge in [0.1, 0.15) is 11.2 Å². The summed E-state index contributed by atoms with van der Waals surface area (Å²) >= 11 is 0. The van der Waals surface area contributed by atoms with Crippen molar-refractivity contribution in [3.8, 4) is 0 Å². The van der Waals surface area contributed by atoms with E-state index >= 15 is 0 Å². The minimum Gasteiger partial charge on any atom is -0.456 e. The van der Waals surface area contributed by atoms with Crippen LogP contribution in [-0.2, 0) is 19.0 Å². The second kappa shape index (κ2) is 3.26. The SMILES string of the molecule is CC1(C)CC2(CC3(C)OC(=O)CC13O)OCCO2. The number of fused-ring (bicyclic) bond motifs is 1. The van der Waals surface area contributed by atoms with E-state index in [2.05, 4.69) is 0 Å². The summed E-state index contributed by atoms with van der Waals surface area (Å²) in [6.45, 7) is 6.78. The second-order valence-corrected chi connectivity index (χ2v) is 6.59. The summed E-state index contributed by atoms with van der Waals surface area (Å²) < 4.78 is 16.9. The number of carbonyl (C=O) groups is 1. The molecule has 1 spiro atoms. The van der Waals surface area contributed by atoms with Gasteiger partial charge in [-0.1, -0.05) is 13.8 Å². The zero-order chi connectivity index (χ0) is 13.2. The van der Waals surface area contributed by atoms with E-state index in [-0.39, 0.29) is 12.4 Å². The van der Waals surface area contributed by atoms with Crippen LogP contribution in [0, 0.1) is 5.41 Å². The maximum Gasteiger partial charge on any atom is 0.309 e. The molecular formula is C13H20O5. The van der Waals surface area contributed by atoms with Crippen molar-refractivity contribution in [1.29, 1.82) is 0 Å². The van der Waals surface area contributed by atoms with Crippen LogP contribution in [0.4, 0.5) is 0 Å². The Morgan fingerprint density at radius 1 is 1.11 bits per heavy atom. The van der Waals surface area contributed by atoms with Crippen molar-refractivity contribution < 1.29 is 24.1 Å². The number of carbonyl (C=O) groups excluding carboxylic acids is 1. The predicted molar refractivity (Wildman–Crippen MR) is 61.7 cm³/mol. The Bertz CT molecular complexity index is 398. The molecular weight excluding hydrogens is 236 g/mol. The molecule has 2 unspecified atom stereocenters. The summed E-state index contributed by atoms with van der Waals surface area (Å²) in [4.78, 5) is 11.6. The Labute approximate surface area is 106 Å². The fraction of sp³-hybridized carbons (Fsp3) is 0.923. The lowest BCUT2D eigenvalue weighted by molar-refractivity contribution is -0.293. The van der Waals surface area contributed by atoms with Crippen LogP contribution in [0.1, 0.15) is 40.0 Å². The number of hydrogen-bond acceptors (Lipinski definition) is 5. The van der Waals surface area contributed by atoms with Crippen LogP contribution < -0.4 is 0 Å². The summed E-state index contributed by atoms with van der Waals surface area (Å²) in [5.74, 6) is -1.06. The quantitative estimate of drug-likeness (QED) is 0.655. The Balaban J connectivity index is 2.04. The van der Waals surface area contributed by atoms with E-state index in [1.807, 2.05) is 13.8 Å². The van der Waals surface area contributed by atoms with Crippen molar-refractivity contribution in [3.63, 3.8) is 0 Å². The number of aliphatic hydroxyl groups is 1. The van der Waals surface area contributed by atoms with Gasteiger partial charge in [0.25, 0.3) is 0 Å². The van der Waals surface area contributed by atoms with Crippen LogP contribution in [-0.4, -0.2) is 41.3 Å². The monoisotopic (exact) mass is 256 g/mol. The van der Waals surface area contributed by atoms with Gasteiger partial charge in [-0.15, -0.1) is 0 Å². The third kappa shape index (κ3) is 1.35. The van der Waals surface area contributed by atoms with Gasteiger partial charge in [-0.2, -0.15) is 0 Å². The van der Waals surface area contributed by atoms with Crippen LogP contribution in [0.15, 0.2) is 0 Å². The van der Waals surface area contributed by atoms with Gasteiger partial charge in [-0.3, -0.25) is 4.79 Å². The van der Waals surface area contributed by atoms with Gasteiger partial charge in [-0.25, -0.2) is 0 Å². The average Bonchev–Trinajstić information content (AvgIpc) is 2.70. The molecule has 5 nitrogen and oxygen atoms in total. The van der Waals surface area contributed by atoms with Crippen molar-refractivity contribution in [2.45, 2.75) is 57.0 Å². The Hall–Kier alpha value is -0.650. The number of rotatable bonds is 0. The smallest absolute Gasteiger partial charge is 0.309 e. The number of ether oxygens (including phenoxy) is 3. The molecule has 3 fully saturated rings. The molecule has 2 aliphatic heterocycles. The topological polar surface area (TPSA) is 65.0 Å². The van der Waals surface area contributed by atoms with Crippen LogP contribution in [0.5, 0.6) is 0 Å². The Morgan fingerprint density at radius 2 is 1.72 bits per heavy atom. The molecule has 2 saturated heterocycles. The Morgan fingerprint density at radius 3 is 2.33 bits per heavy atom. The Kier molecular flexibility index (Phi) is 2.25. The van der Waals surface area contributed by atoms with E-state index in [4.69, 9.17) is 14.2 Å². The lowest BCUT2D eigenvalue weighted by Crippen LogP contribution is -2.67. The molecule has 0 aromatic heterocycles. The zero-order valence-electron chi connectivity index (χ0n) is 11.1. The first kappa shape index (κ1) is 12.4. The molecule has 0 aromatic carbocycles. The molecule has 5 heteroatoms. The van der Waals surface area contributed by atoms with Crippen LogP contribution in [0.25, 0.3) is 0 Å². The van der Waals surface area contributed by atoms with E-state index < -0.39 is 22.4 Å². The first-order chi connectivity index (χ1) is 8.22. The average molecular weight is 256 g/mol.